The number of fused-ring (bicyclic) bond motifs is 1. The molecule has 0 aliphatic carbocycles. The maximum Gasteiger partial charge on any atom is 0.350 e. The topological polar surface area (TPSA) is 124 Å². The van der Waals surface area contributed by atoms with E-state index in [0.29, 0.717) is 28.3 Å². The maximum atomic E-state index is 12.7. The first-order chi connectivity index (χ1) is 16.3. The molecule has 4 rings (SSSR count). The quantitative estimate of drug-likeness (QED) is 0.410. The lowest BCUT2D eigenvalue weighted by Crippen LogP contribution is -2.28. The van der Waals surface area contributed by atoms with Gasteiger partial charge in [-0.3, -0.25) is 14.4 Å². The molecule has 0 bridgehead atoms. The van der Waals surface area contributed by atoms with Crippen LogP contribution in [0.2, 0.25) is 0 Å². The molecule has 0 atom stereocenters. The Bertz CT molecular complexity index is 1440. The van der Waals surface area contributed by atoms with E-state index in [1.165, 1.54) is 23.6 Å². The van der Waals surface area contributed by atoms with E-state index in [0.717, 1.165) is 4.68 Å². The van der Waals surface area contributed by atoms with Crippen molar-refractivity contribution in [2.75, 3.05) is 17.7 Å². The molecular weight excluding hydrogens is 438 g/mol. The Morgan fingerprint density at radius 2 is 1.50 bits per heavy atom. The molecule has 10 nitrogen and oxygen atoms in total. The lowest BCUT2D eigenvalue weighted by Gasteiger charge is -2.06. The number of aromatic nitrogens is 3. The highest BCUT2D eigenvalue weighted by Crippen LogP contribution is 2.16. The van der Waals surface area contributed by atoms with Crippen LogP contribution in [0.25, 0.3) is 5.65 Å². The van der Waals surface area contributed by atoms with Crippen molar-refractivity contribution in [1.29, 1.82) is 0 Å². The minimum atomic E-state index is -0.559. The number of Topliss-reactive ketones (excluding diaryl/α,β-unsaturated/α-hetero) is 1. The zero-order chi connectivity index (χ0) is 24.2. The molecule has 0 fully saturated rings. The van der Waals surface area contributed by atoms with E-state index in [-0.39, 0.29) is 17.9 Å². The van der Waals surface area contributed by atoms with Gasteiger partial charge >= 0.3 is 5.69 Å². The monoisotopic (exact) mass is 459 g/mol. The highest BCUT2D eigenvalue weighted by Gasteiger charge is 2.14. The molecule has 34 heavy (non-hydrogen) atoms. The predicted molar refractivity (Wildman–Crippen MR) is 125 cm³/mol. The van der Waals surface area contributed by atoms with E-state index in [1.54, 1.807) is 61.7 Å². The number of anilines is 2. The summed E-state index contributed by atoms with van der Waals surface area (Å²) < 4.78 is 7.32. The van der Waals surface area contributed by atoms with Gasteiger partial charge in [-0.2, -0.15) is 0 Å². The predicted octanol–water partition coefficient (Wildman–Crippen LogP) is 2.60. The van der Waals surface area contributed by atoms with Gasteiger partial charge in [-0.25, -0.2) is 13.9 Å². The van der Waals surface area contributed by atoms with Crippen LogP contribution in [0.4, 0.5) is 11.4 Å². The van der Waals surface area contributed by atoms with Crippen molar-refractivity contribution in [3.63, 3.8) is 0 Å². The van der Waals surface area contributed by atoms with Crippen molar-refractivity contribution in [3.8, 4) is 5.75 Å². The van der Waals surface area contributed by atoms with Crippen LogP contribution in [-0.4, -0.2) is 38.9 Å². The SMILES string of the molecule is COc1ccc(NC(=O)c2ccc3nn(CC(=O)Nc4ccc(C(C)=O)cc4)c(=O)n3c2)cc1. The number of ether oxygens (including phenoxy) is 1. The van der Waals surface area contributed by atoms with Gasteiger partial charge in [0, 0.05) is 23.1 Å². The van der Waals surface area contributed by atoms with E-state index < -0.39 is 17.5 Å². The molecule has 2 N–H and O–H groups in total. The number of ketones is 1. The number of hydrogen-bond donors (Lipinski definition) is 2. The van der Waals surface area contributed by atoms with Gasteiger partial charge in [-0.15, -0.1) is 5.10 Å². The zero-order valence-electron chi connectivity index (χ0n) is 18.4. The maximum absolute atomic E-state index is 12.7. The first kappa shape index (κ1) is 22.5. The van der Waals surface area contributed by atoms with Crippen LogP contribution in [0.1, 0.15) is 27.6 Å². The van der Waals surface area contributed by atoms with Gasteiger partial charge in [0.15, 0.2) is 11.4 Å². The molecule has 2 heterocycles. The highest BCUT2D eigenvalue weighted by molar-refractivity contribution is 6.04. The van der Waals surface area contributed by atoms with Gasteiger partial charge in [-0.05, 0) is 67.6 Å². The molecule has 0 radical (unpaired) electrons. The summed E-state index contributed by atoms with van der Waals surface area (Å²) in [5.74, 6) is -0.279. The number of nitrogens with one attached hydrogen (secondary N) is 2. The Kier molecular flexibility index (Phi) is 6.22. The summed E-state index contributed by atoms with van der Waals surface area (Å²) in [5, 5.41) is 9.56. The Labute approximate surface area is 193 Å². The summed E-state index contributed by atoms with van der Waals surface area (Å²) in [7, 11) is 1.55. The van der Waals surface area contributed by atoms with Crippen LogP contribution >= 0.6 is 0 Å². The highest BCUT2D eigenvalue weighted by atomic mass is 16.5. The molecule has 0 unspecified atom stereocenters. The second-order valence-electron chi connectivity index (χ2n) is 7.45. The molecule has 172 valence electrons. The minimum Gasteiger partial charge on any atom is -0.497 e. The van der Waals surface area contributed by atoms with Gasteiger partial charge in [-0.1, -0.05) is 0 Å². The average molecular weight is 459 g/mol. The first-order valence-electron chi connectivity index (χ1n) is 10.3. The normalized spacial score (nSPS) is 10.6. The second kappa shape index (κ2) is 9.41. The molecule has 0 aliphatic rings. The summed E-state index contributed by atoms with van der Waals surface area (Å²) >= 11 is 0. The molecule has 2 aromatic carbocycles. The van der Waals surface area contributed by atoms with Crippen LogP contribution in [0, 0.1) is 0 Å². The third-order valence-corrected chi connectivity index (χ3v) is 5.06. The fourth-order valence-corrected chi connectivity index (χ4v) is 3.26. The fourth-order valence-electron chi connectivity index (χ4n) is 3.26. The number of pyridine rings is 1. The third kappa shape index (κ3) is 4.85. The second-order valence-corrected chi connectivity index (χ2v) is 7.45. The number of methoxy groups -OCH3 is 1. The molecule has 0 aliphatic heterocycles. The van der Waals surface area contributed by atoms with Crippen molar-refractivity contribution in [2.45, 2.75) is 13.5 Å². The van der Waals surface area contributed by atoms with Crippen molar-refractivity contribution in [3.05, 3.63) is 88.5 Å². The molecule has 0 saturated heterocycles. The van der Waals surface area contributed by atoms with Crippen molar-refractivity contribution in [1.82, 2.24) is 14.2 Å². The number of carbonyl (C=O) groups is 3. The number of hydrogen-bond acceptors (Lipinski definition) is 6. The van der Waals surface area contributed by atoms with Gasteiger partial charge in [0.05, 0.1) is 12.7 Å². The van der Waals surface area contributed by atoms with E-state index in [4.69, 9.17) is 4.74 Å². The number of carbonyl (C=O) groups excluding carboxylic acids is 3. The van der Waals surface area contributed by atoms with E-state index >= 15 is 0 Å². The van der Waals surface area contributed by atoms with Crippen LogP contribution in [0.15, 0.2) is 71.7 Å². The molecule has 2 amide bonds. The summed E-state index contributed by atoms with van der Waals surface area (Å²) in [6.07, 6.45) is 1.37. The van der Waals surface area contributed by atoms with E-state index in [9.17, 15) is 19.2 Å². The average Bonchev–Trinajstić information content (AvgIpc) is 3.14. The van der Waals surface area contributed by atoms with Crippen molar-refractivity contribution < 1.29 is 19.1 Å². The van der Waals surface area contributed by atoms with E-state index in [1.807, 2.05) is 0 Å². The number of rotatable bonds is 7. The van der Waals surface area contributed by atoms with Crippen LogP contribution in [-0.2, 0) is 11.3 Å². The zero-order valence-corrected chi connectivity index (χ0v) is 18.4. The largest absolute Gasteiger partial charge is 0.497 e. The van der Waals surface area contributed by atoms with Crippen molar-refractivity contribution >= 4 is 34.6 Å². The smallest absolute Gasteiger partial charge is 0.350 e. The Morgan fingerprint density at radius 3 is 2.15 bits per heavy atom. The van der Waals surface area contributed by atoms with Crippen molar-refractivity contribution in [2.24, 2.45) is 0 Å². The molecule has 10 heteroatoms. The number of nitrogens with zero attached hydrogens (tertiary/aromatic N) is 3. The lowest BCUT2D eigenvalue weighted by molar-refractivity contribution is -0.117. The Balaban J connectivity index is 1.47. The summed E-state index contributed by atoms with van der Waals surface area (Å²) in [6.45, 7) is 1.14. The van der Waals surface area contributed by atoms with E-state index in [2.05, 4.69) is 15.7 Å². The van der Waals surface area contributed by atoms with Crippen LogP contribution in [0.3, 0.4) is 0 Å². The summed E-state index contributed by atoms with van der Waals surface area (Å²) in [4.78, 5) is 49.1. The van der Waals surface area contributed by atoms with Gasteiger partial charge in [0.2, 0.25) is 5.91 Å². The molecule has 0 saturated carbocycles. The molecule has 2 aromatic heterocycles. The van der Waals surface area contributed by atoms with Crippen LogP contribution in [0.5, 0.6) is 5.75 Å². The first-order valence-corrected chi connectivity index (χ1v) is 10.3. The molecule has 0 spiro atoms. The van der Waals surface area contributed by atoms with Gasteiger partial charge in [0.25, 0.3) is 5.91 Å². The van der Waals surface area contributed by atoms with Gasteiger partial charge < -0.3 is 15.4 Å². The summed E-state index contributed by atoms with van der Waals surface area (Å²) in [6, 6.07) is 16.3. The van der Waals surface area contributed by atoms with Gasteiger partial charge in [0.1, 0.15) is 12.3 Å². The number of amides is 2. The third-order valence-electron chi connectivity index (χ3n) is 5.06. The fraction of sp³-hybridized carbons (Fsp3) is 0.125. The Hall–Kier alpha value is -4.73. The van der Waals surface area contributed by atoms with Crippen LogP contribution < -0.4 is 21.1 Å². The lowest BCUT2D eigenvalue weighted by atomic mass is 10.1. The minimum absolute atomic E-state index is 0.0776. The standard InChI is InChI=1S/C24H21N5O5/c1-15(30)16-3-6-18(7-4-16)25-22(31)14-29-24(33)28-13-17(5-12-21(28)27-29)23(32)26-19-8-10-20(34-2)11-9-19/h3-13H,14H2,1-2H3,(H,25,31)(H,26,32). The molecular formula is C24H21N5O5. The Morgan fingerprint density at radius 1 is 0.882 bits per heavy atom. The summed E-state index contributed by atoms with van der Waals surface area (Å²) in [5.41, 5.74) is 1.58. The molecule has 4 aromatic rings. The number of benzene rings is 2.